The Morgan fingerprint density at radius 1 is 0.609 bits per heavy atom. The van der Waals surface area contributed by atoms with Crippen molar-refractivity contribution in [1.82, 2.24) is 0 Å². The van der Waals surface area contributed by atoms with Crippen molar-refractivity contribution in [3.8, 4) is 0 Å². The zero-order valence-electron chi connectivity index (χ0n) is 10.5. The van der Waals surface area contributed by atoms with Gasteiger partial charge in [-0.2, -0.15) is 0 Å². The van der Waals surface area contributed by atoms with Gasteiger partial charge in [0.1, 0.15) is 0 Å². The predicted molar refractivity (Wildman–Crippen MR) is 48.1 cm³/mol. The Balaban J connectivity index is 3.95. The van der Waals surface area contributed by atoms with Crippen LogP contribution in [0.3, 0.4) is 0 Å². The van der Waals surface area contributed by atoms with E-state index in [9.17, 15) is 52.7 Å². The summed E-state index contributed by atoms with van der Waals surface area (Å²) in [6.07, 6.45) is -28.3. The molecule has 15 heteroatoms. The van der Waals surface area contributed by atoms with Gasteiger partial charge in [-0.15, -0.1) is 0 Å². The van der Waals surface area contributed by atoms with Crippen molar-refractivity contribution in [2.45, 2.75) is 47.0 Å². The van der Waals surface area contributed by atoms with Crippen LogP contribution in [0.15, 0.2) is 0 Å². The van der Waals surface area contributed by atoms with Crippen LogP contribution in [-0.4, -0.2) is 58.5 Å². The maximum absolute atomic E-state index is 12.9. The summed E-state index contributed by atoms with van der Waals surface area (Å²) in [5.41, 5.74) is -13.1. The first kappa shape index (κ1) is 21.0. The zero-order valence-corrected chi connectivity index (χ0v) is 14.0. The van der Waals surface area contributed by atoms with Gasteiger partial charge in [0.05, 0.1) is 0 Å². The van der Waals surface area contributed by atoms with Gasteiger partial charge in [-0.1, -0.05) is 0 Å². The first-order valence-electron chi connectivity index (χ1n) is 5.31. The van der Waals surface area contributed by atoms with Gasteiger partial charge in [-0.3, -0.25) is 0 Å². The van der Waals surface area contributed by atoms with E-state index in [0.717, 1.165) is 6.92 Å². The van der Waals surface area contributed by atoms with Crippen molar-refractivity contribution in [1.29, 1.82) is 0 Å². The molecule has 2 nitrogen and oxygen atoms in total. The van der Waals surface area contributed by atoms with Gasteiger partial charge in [0, 0.05) is 0 Å². The van der Waals surface area contributed by atoms with E-state index < -0.39 is 62.7 Å². The number of hydrogen-bond donors (Lipinski definition) is 0. The summed E-state index contributed by atoms with van der Waals surface area (Å²) in [5.74, 6) is 0. The molecule has 1 aliphatic heterocycles. The summed E-state index contributed by atoms with van der Waals surface area (Å²) in [4.78, 5) is 0. The second-order valence-corrected chi connectivity index (χ2v) is 10.7. The number of hydrogen-bond acceptors (Lipinski definition) is 2. The fourth-order valence-electron chi connectivity index (χ4n) is 1.91. The Hall–Kier alpha value is -0.0369. The third kappa shape index (κ3) is 2.70. The number of rotatable bonds is 1. The van der Waals surface area contributed by atoms with Crippen molar-refractivity contribution in [2.75, 3.05) is 0 Å². The molecule has 0 bridgehead atoms. The Morgan fingerprint density at radius 3 is 0.957 bits per heavy atom. The first-order valence-corrected chi connectivity index (χ1v) is 10.6. The minimum absolute atomic E-state index is 0.776. The zero-order chi connectivity index (χ0) is 18.7. The molecule has 0 unspecified atom stereocenters. The van der Waals surface area contributed by atoms with Crippen molar-refractivity contribution in [3.05, 3.63) is 0 Å². The Morgan fingerprint density at radius 2 is 0.826 bits per heavy atom. The molecule has 0 aromatic rings. The average Bonchev–Trinajstić information content (AvgIpc) is 2.63. The number of alkyl halides is 12. The van der Waals surface area contributed by atoms with Crippen molar-refractivity contribution >= 4 is 22.6 Å². The molecule has 1 rings (SSSR count). The van der Waals surface area contributed by atoms with Gasteiger partial charge in [0.25, 0.3) is 0 Å². The molecule has 0 spiro atoms. The van der Waals surface area contributed by atoms with Crippen LogP contribution in [0.1, 0.15) is 6.92 Å². The first-order chi connectivity index (χ1) is 9.89. The van der Waals surface area contributed by atoms with E-state index in [0.29, 0.717) is 0 Å². The molecule has 138 valence electrons. The van der Waals surface area contributed by atoms with Crippen molar-refractivity contribution in [2.24, 2.45) is 0 Å². The fraction of sp³-hybridized carbons (Fsp3) is 1.00. The summed E-state index contributed by atoms with van der Waals surface area (Å²) >= 11 is -5.32. The van der Waals surface area contributed by atoms with Crippen molar-refractivity contribution in [3.63, 3.8) is 0 Å². The van der Waals surface area contributed by atoms with Crippen LogP contribution in [-0.2, 0) is 5.63 Å². The van der Waals surface area contributed by atoms with Crippen LogP contribution in [0.4, 0.5) is 52.7 Å². The normalized spacial score (nSPS) is 23.3. The van der Waals surface area contributed by atoms with Crippen LogP contribution < -0.4 is 0 Å². The number of halogens is 12. The van der Waals surface area contributed by atoms with E-state index in [1.165, 1.54) is 0 Å². The molecule has 0 atom stereocenters. The SMILES string of the molecule is C[CH2][Bi]1[O]C(C(F)(F)F)(C(F)(F)F)C(C(F)(F)F)(C(F)(F)F)[O]1. The van der Waals surface area contributed by atoms with E-state index in [-0.39, 0.29) is 0 Å². The molecule has 0 aromatic heterocycles. The van der Waals surface area contributed by atoms with E-state index in [1.807, 2.05) is 0 Å². The molecular formula is C8H5BiF12O2. The predicted octanol–water partition coefficient (Wildman–Crippen LogP) is 4.27. The standard InChI is InChI=1S/C6F12O2.C2H5.Bi/c7-3(8,9)1(19,4(10,11)12)2(20,5(13,14)15)6(16,17)18;1-2;/h;1H2,2H3;/q-2;;+2. The quantitative estimate of drug-likeness (QED) is 0.347. The minimum atomic E-state index is -7.07. The van der Waals surface area contributed by atoms with E-state index in [4.69, 9.17) is 0 Å². The Bertz CT molecular complexity index is 378. The molecule has 0 amide bonds. The third-order valence-electron chi connectivity index (χ3n) is 2.83. The van der Waals surface area contributed by atoms with E-state index in [1.54, 1.807) is 0 Å². The maximum atomic E-state index is 12.9. The van der Waals surface area contributed by atoms with Crippen LogP contribution in [0.5, 0.6) is 0 Å². The molecule has 0 aromatic carbocycles. The molecule has 0 aliphatic carbocycles. The van der Waals surface area contributed by atoms with Gasteiger partial charge in [0.2, 0.25) is 0 Å². The van der Waals surface area contributed by atoms with E-state index >= 15 is 0 Å². The average molecular weight is 570 g/mol. The van der Waals surface area contributed by atoms with Gasteiger partial charge in [-0.25, -0.2) is 0 Å². The van der Waals surface area contributed by atoms with Crippen LogP contribution >= 0.6 is 0 Å². The summed E-state index contributed by atoms with van der Waals surface area (Å²) < 4.78 is 160. The van der Waals surface area contributed by atoms with E-state index in [2.05, 4.69) is 5.63 Å². The molecule has 0 saturated carbocycles. The Labute approximate surface area is 128 Å². The van der Waals surface area contributed by atoms with Crippen LogP contribution in [0.2, 0.25) is 4.13 Å². The topological polar surface area (TPSA) is 18.5 Å². The second kappa shape index (κ2) is 5.48. The molecule has 1 fully saturated rings. The summed E-state index contributed by atoms with van der Waals surface area (Å²) in [6, 6.07) is 0. The van der Waals surface area contributed by atoms with Gasteiger partial charge < -0.3 is 0 Å². The molecular weight excluding hydrogens is 565 g/mol. The molecule has 1 heterocycles. The van der Waals surface area contributed by atoms with Gasteiger partial charge in [-0.05, 0) is 0 Å². The van der Waals surface area contributed by atoms with Gasteiger partial charge in [0.15, 0.2) is 0 Å². The molecule has 0 radical (unpaired) electrons. The third-order valence-corrected chi connectivity index (χ3v) is 8.55. The Kier molecular flexibility index (Phi) is 5.01. The molecule has 1 aliphatic rings. The second-order valence-electron chi connectivity index (χ2n) is 4.18. The molecule has 0 N–H and O–H groups in total. The van der Waals surface area contributed by atoms with Crippen LogP contribution in [0, 0.1) is 0 Å². The molecule has 23 heavy (non-hydrogen) atoms. The van der Waals surface area contributed by atoms with Crippen LogP contribution in [0.25, 0.3) is 0 Å². The monoisotopic (exact) mass is 570 g/mol. The summed E-state index contributed by atoms with van der Waals surface area (Å²) in [6.45, 7) is 0.776. The van der Waals surface area contributed by atoms with Crippen molar-refractivity contribution < 1.29 is 58.3 Å². The molecule has 1 saturated heterocycles. The fourth-order valence-corrected chi connectivity index (χ4v) is 8.04. The summed E-state index contributed by atoms with van der Waals surface area (Å²) in [5, 5.41) is 0. The van der Waals surface area contributed by atoms with Gasteiger partial charge >= 0.3 is 128 Å². The summed E-state index contributed by atoms with van der Waals surface area (Å²) in [7, 11) is 0.